The van der Waals surface area contributed by atoms with E-state index in [9.17, 15) is 4.79 Å². The minimum Gasteiger partial charge on any atom is -0.328 e. The zero-order valence-electron chi connectivity index (χ0n) is 5.77. The molecule has 64 valence electrons. The maximum Gasteiger partial charge on any atom is 0.211 e. The standard InChI is InChI=1S/C7H4Cl2INO/c8-4-1-6(10)7(11-3-12)2-5(4)9/h1-3H,(H,11,12). The summed E-state index contributed by atoms with van der Waals surface area (Å²) in [6.45, 7) is 0. The molecule has 0 saturated carbocycles. The van der Waals surface area contributed by atoms with Crippen LogP contribution in [0, 0.1) is 3.57 Å². The summed E-state index contributed by atoms with van der Waals surface area (Å²) in [7, 11) is 0. The minimum atomic E-state index is 0.432. The van der Waals surface area contributed by atoms with Crippen LogP contribution in [0.3, 0.4) is 0 Å². The summed E-state index contributed by atoms with van der Waals surface area (Å²) in [6, 6.07) is 3.30. The maximum atomic E-state index is 10.1. The Balaban J connectivity index is 3.13. The average Bonchev–Trinajstić information content (AvgIpc) is 2.01. The van der Waals surface area contributed by atoms with Gasteiger partial charge in [-0.3, -0.25) is 4.79 Å². The van der Waals surface area contributed by atoms with Crippen molar-refractivity contribution in [2.24, 2.45) is 0 Å². The van der Waals surface area contributed by atoms with Crippen molar-refractivity contribution in [3.63, 3.8) is 0 Å². The second-order valence-corrected chi connectivity index (χ2v) is 3.98. The lowest BCUT2D eigenvalue weighted by molar-refractivity contribution is -0.105. The van der Waals surface area contributed by atoms with Crippen LogP contribution in [0.2, 0.25) is 10.0 Å². The third kappa shape index (κ3) is 2.24. The van der Waals surface area contributed by atoms with Gasteiger partial charge in [-0.05, 0) is 34.7 Å². The van der Waals surface area contributed by atoms with E-state index in [0.29, 0.717) is 22.1 Å². The SMILES string of the molecule is O=CNc1cc(Cl)c(Cl)cc1I. The number of anilines is 1. The molecule has 12 heavy (non-hydrogen) atoms. The highest BCUT2D eigenvalue weighted by Crippen LogP contribution is 2.29. The Morgan fingerprint density at radius 2 is 1.92 bits per heavy atom. The maximum absolute atomic E-state index is 10.1. The zero-order valence-corrected chi connectivity index (χ0v) is 9.44. The first-order valence-electron chi connectivity index (χ1n) is 3.00. The van der Waals surface area contributed by atoms with Gasteiger partial charge in [0.05, 0.1) is 15.7 Å². The molecule has 1 rings (SSSR count). The molecule has 0 aliphatic rings. The van der Waals surface area contributed by atoms with Gasteiger partial charge in [-0.2, -0.15) is 0 Å². The van der Waals surface area contributed by atoms with E-state index in [1.165, 1.54) is 0 Å². The van der Waals surface area contributed by atoms with Gasteiger partial charge in [0, 0.05) is 3.57 Å². The number of hydrogen-bond acceptors (Lipinski definition) is 1. The molecule has 1 N–H and O–H groups in total. The summed E-state index contributed by atoms with van der Waals surface area (Å²) >= 11 is 13.5. The van der Waals surface area contributed by atoms with Crippen LogP contribution in [0.1, 0.15) is 0 Å². The number of benzene rings is 1. The van der Waals surface area contributed by atoms with Gasteiger partial charge in [-0.15, -0.1) is 0 Å². The molecule has 5 heteroatoms. The van der Waals surface area contributed by atoms with E-state index in [1.807, 2.05) is 0 Å². The van der Waals surface area contributed by atoms with Crippen LogP contribution in [0.5, 0.6) is 0 Å². The highest BCUT2D eigenvalue weighted by atomic mass is 127. The highest BCUT2D eigenvalue weighted by molar-refractivity contribution is 14.1. The van der Waals surface area contributed by atoms with Crippen molar-refractivity contribution in [3.8, 4) is 0 Å². The summed E-state index contributed by atoms with van der Waals surface area (Å²) in [5, 5.41) is 3.43. The van der Waals surface area contributed by atoms with Gasteiger partial charge in [-0.25, -0.2) is 0 Å². The predicted octanol–water partition coefficient (Wildman–Crippen LogP) is 3.17. The van der Waals surface area contributed by atoms with Crippen LogP contribution < -0.4 is 5.32 Å². The smallest absolute Gasteiger partial charge is 0.211 e. The van der Waals surface area contributed by atoms with Gasteiger partial charge in [0.2, 0.25) is 6.41 Å². The van der Waals surface area contributed by atoms with Crippen molar-refractivity contribution in [3.05, 3.63) is 25.7 Å². The Bertz CT molecular complexity index is 317. The van der Waals surface area contributed by atoms with E-state index < -0.39 is 0 Å². The summed E-state index contributed by atoms with van der Waals surface area (Å²) in [5.74, 6) is 0. The predicted molar refractivity (Wildman–Crippen MR) is 58.9 cm³/mol. The first-order chi connectivity index (χ1) is 5.65. The molecule has 0 aliphatic heterocycles. The fourth-order valence-electron chi connectivity index (χ4n) is 0.697. The van der Waals surface area contributed by atoms with Crippen LogP contribution in [-0.2, 0) is 4.79 Å². The lowest BCUT2D eigenvalue weighted by Gasteiger charge is -2.03. The first kappa shape index (κ1) is 10.1. The van der Waals surface area contributed by atoms with Gasteiger partial charge in [0.1, 0.15) is 0 Å². The molecule has 0 radical (unpaired) electrons. The van der Waals surface area contributed by atoms with Crippen molar-refractivity contribution in [1.29, 1.82) is 0 Å². The molecule has 0 fully saturated rings. The lowest BCUT2D eigenvalue weighted by atomic mass is 10.3. The molecule has 1 aromatic rings. The van der Waals surface area contributed by atoms with E-state index in [1.54, 1.807) is 12.1 Å². The molecule has 1 amide bonds. The number of carbonyl (C=O) groups excluding carboxylic acids is 1. The molecule has 0 heterocycles. The first-order valence-corrected chi connectivity index (χ1v) is 4.83. The minimum absolute atomic E-state index is 0.432. The van der Waals surface area contributed by atoms with Gasteiger partial charge in [0.25, 0.3) is 0 Å². The van der Waals surface area contributed by atoms with Crippen molar-refractivity contribution in [2.75, 3.05) is 5.32 Å². The summed E-state index contributed by atoms with van der Waals surface area (Å²) in [4.78, 5) is 10.1. The van der Waals surface area contributed by atoms with Crippen molar-refractivity contribution >= 4 is 57.9 Å². The van der Waals surface area contributed by atoms with Crippen LogP contribution in [0.4, 0.5) is 5.69 Å². The molecule has 0 bridgehead atoms. The molecule has 0 aromatic heterocycles. The number of nitrogens with one attached hydrogen (secondary N) is 1. The van der Waals surface area contributed by atoms with Crippen LogP contribution in [0.25, 0.3) is 0 Å². The second-order valence-electron chi connectivity index (χ2n) is 2.01. The molecule has 0 spiro atoms. The van der Waals surface area contributed by atoms with Crippen molar-refractivity contribution in [1.82, 2.24) is 0 Å². The largest absolute Gasteiger partial charge is 0.328 e. The van der Waals surface area contributed by atoms with Crippen LogP contribution >= 0.6 is 45.8 Å². The Morgan fingerprint density at radius 3 is 2.50 bits per heavy atom. The number of rotatable bonds is 2. The van der Waals surface area contributed by atoms with E-state index in [-0.39, 0.29) is 0 Å². The van der Waals surface area contributed by atoms with Gasteiger partial charge in [-0.1, -0.05) is 23.2 Å². The quantitative estimate of drug-likeness (QED) is 0.507. The highest BCUT2D eigenvalue weighted by Gasteiger charge is 2.03. The molecule has 0 unspecified atom stereocenters. The van der Waals surface area contributed by atoms with Gasteiger partial charge in [0.15, 0.2) is 0 Å². The Kier molecular flexibility index (Phi) is 3.61. The van der Waals surface area contributed by atoms with E-state index in [2.05, 4.69) is 27.9 Å². The zero-order chi connectivity index (χ0) is 9.14. The number of amides is 1. The number of hydrogen-bond donors (Lipinski definition) is 1. The Labute approximate surface area is 93.4 Å². The third-order valence-electron chi connectivity index (χ3n) is 1.22. The number of carbonyl (C=O) groups is 1. The molecule has 2 nitrogen and oxygen atoms in total. The molecule has 0 aliphatic carbocycles. The summed E-state index contributed by atoms with van der Waals surface area (Å²) in [6.07, 6.45) is 0.599. The molecule has 0 atom stereocenters. The summed E-state index contributed by atoms with van der Waals surface area (Å²) < 4.78 is 0.856. The molecular formula is C7H4Cl2INO. The topological polar surface area (TPSA) is 29.1 Å². The van der Waals surface area contributed by atoms with Gasteiger partial charge >= 0.3 is 0 Å². The van der Waals surface area contributed by atoms with Crippen molar-refractivity contribution in [2.45, 2.75) is 0 Å². The molecular weight excluding hydrogens is 312 g/mol. The van der Waals surface area contributed by atoms with Crippen LogP contribution in [-0.4, -0.2) is 6.41 Å². The van der Waals surface area contributed by atoms with Gasteiger partial charge < -0.3 is 5.32 Å². The average molecular weight is 316 g/mol. The van der Waals surface area contributed by atoms with E-state index in [4.69, 9.17) is 23.2 Å². The summed E-state index contributed by atoms with van der Waals surface area (Å²) in [5.41, 5.74) is 0.667. The third-order valence-corrected chi connectivity index (χ3v) is 2.84. The lowest BCUT2D eigenvalue weighted by Crippen LogP contribution is -1.96. The van der Waals surface area contributed by atoms with Crippen LogP contribution in [0.15, 0.2) is 12.1 Å². The Hall–Kier alpha value is -0.000000000000000111. The Morgan fingerprint density at radius 1 is 1.33 bits per heavy atom. The monoisotopic (exact) mass is 315 g/mol. The fourth-order valence-corrected chi connectivity index (χ4v) is 1.83. The molecule has 1 aromatic carbocycles. The van der Waals surface area contributed by atoms with E-state index in [0.717, 1.165) is 3.57 Å². The molecule has 0 saturated heterocycles. The van der Waals surface area contributed by atoms with Crippen molar-refractivity contribution < 1.29 is 4.79 Å². The number of halogens is 3. The normalized spacial score (nSPS) is 9.58. The van der Waals surface area contributed by atoms with E-state index >= 15 is 0 Å². The fraction of sp³-hybridized carbons (Fsp3) is 0. The second kappa shape index (κ2) is 4.30.